The first-order valence-corrected chi connectivity index (χ1v) is 7.48. The van der Waals surface area contributed by atoms with Gasteiger partial charge in [-0.2, -0.15) is 0 Å². The Kier molecular flexibility index (Phi) is 3.96. The Morgan fingerprint density at radius 2 is 2.08 bits per heavy atom. The molecule has 2 aliphatic rings. The summed E-state index contributed by atoms with van der Waals surface area (Å²) in [5, 5.41) is 8.74. The van der Waals surface area contributed by atoms with E-state index in [-0.39, 0.29) is 31.2 Å². The van der Waals surface area contributed by atoms with Crippen LogP contribution in [0.2, 0.25) is 0 Å². The number of ether oxygens (including phenoxy) is 1. The van der Waals surface area contributed by atoms with E-state index >= 15 is 0 Å². The van der Waals surface area contributed by atoms with Crippen molar-refractivity contribution in [2.45, 2.75) is 25.4 Å². The number of carbonyl (C=O) groups excluding carboxylic acids is 3. The van der Waals surface area contributed by atoms with Crippen LogP contribution < -0.4 is 4.74 Å². The Hall–Kier alpha value is -2.90. The molecule has 3 amide bonds. The minimum atomic E-state index is -1.11. The molecule has 0 bridgehead atoms. The number of hydrogen-bond acceptors (Lipinski definition) is 5. The van der Waals surface area contributed by atoms with Gasteiger partial charge in [-0.3, -0.25) is 19.3 Å². The van der Waals surface area contributed by atoms with Crippen molar-refractivity contribution in [3.63, 3.8) is 0 Å². The highest BCUT2D eigenvalue weighted by molar-refractivity contribution is 6.05. The molecule has 1 fully saturated rings. The van der Waals surface area contributed by atoms with Crippen LogP contribution in [0.4, 0.5) is 0 Å². The second-order valence-electron chi connectivity index (χ2n) is 5.74. The molecule has 1 atom stereocenters. The average Bonchev–Trinajstić information content (AvgIpc) is 2.88. The van der Waals surface area contributed by atoms with E-state index in [2.05, 4.69) is 0 Å². The number of aliphatic carboxylic acids is 1. The lowest BCUT2D eigenvalue weighted by atomic mass is 10.0. The first-order chi connectivity index (χ1) is 11.4. The van der Waals surface area contributed by atoms with Crippen LogP contribution in [-0.2, 0) is 20.9 Å². The van der Waals surface area contributed by atoms with Gasteiger partial charge in [-0.15, -0.1) is 0 Å². The predicted octanol–water partition coefficient (Wildman–Crippen LogP) is 0.253. The molecule has 8 heteroatoms. The average molecular weight is 332 g/mol. The first-order valence-electron chi connectivity index (χ1n) is 7.48. The lowest BCUT2D eigenvalue weighted by Gasteiger charge is -2.33. The summed E-state index contributed by atoms with van der Waals surface area (Å²) in [6.07, 6.45) is 0.489. The Bertz CT molecular complexity index is 744. The highest BCUT2D eigenvalue weighted by Crippen LogP contribution is 2.34. The molecule has 24 heavy (non-hydrogen) atoms. The molecule has 0 aromatic heterocycles. The van der Waals surface area contributed by atoms with E-state index in [1.54, 1.807) is 18.2 Å². The summed E-state index contributed by atoms with van der Waals surface area (Å²) in [4.78, 5) is 49.7. The summed E-state index contributed by atoms with van der Waals surface area (Å²) in [6.45, 7) is -0.355. The highest BCUT2D eigenvalue weighted by atomic mass is 16.5. The van der Waals surface area contributed by atoms with E-state index < -0.39 is 24.5 Å². The zero-order chi connectivity index (χ0) is 17.4. The number of hydrogen-bond donors (Lipinski definition) is 1. The smallest absolute Gasteiger partial charge is 0.341 e. The number of amides is 3. The number of fused-ring (bicyclic) bond motifs is 1. The molecule has 1 saturated heterocycles. The van der Waals surface area contributed by atoms with E-state index in [1.165, 1.54) is 11.9 Å². The number of piperidine rings is 1. The monoisotopic (exact) mass is 332 g/mol. The van der Waals surface area contributed by atoms with E-state index in [0.717, 1.165) is 4.90 Å². The van der Waals surface area contributed by atoms with Crippen molar-refractivity contribution in [3.8, 4) is 5.75 Å². The van der Waals surface area contributed by atoms with Gasteiger partial charge in [0.1, 0.15) is 11.8 Å². The second kappa shape index (κ2) is 5.95. The molecule has 1 unspecified atom stereocenters. The maximum atomic E-state index is 12.6. The number of carbonyl (C=O) groups is 4. The first kappa shape index (κ1) is 16.0. The van der Waals surface area contributed by atoms with Crippen molar-refractivity contribution < 1.29 is 29.0 Å². The molecule has 3 rings (SSSR count). The number of carboxylic acids is 1. The zero-order valence-electron chi connectivity index (χ0n) is 13.0. The van der Waals surface area contributed by atoms with Gasteiger partial charge >= 0.3 is 5.97 Å². The molecular formula is C16H16N2O6. The van der Waals surface area contributed by atoms with E-state index in [0.29, 0.717) is 16.9 Å². The summed E-state index contributed by atoms with van der Waals surface area (Å²) >= 11 is 0. The van der Waals surface area contributed by atoms with E-state index in [1.807, 2.05) is 0 Å². The summed E-state index contributed by atoms with van der Waals surface area (Å²) in [6, 6.07) is 4.13. The predicted molar refractivity (Wildman–Crippen MR) is 80.2 cm³/mol. The van der Waals surface area contributed by atoms with Gasteiger partial charge in [-0.25, -0.2) is 4.79 Å². The number of rotatable bonds is 4. The third-order valence-corrected chi connectivity index (χ3v) is 4.30. The molecular weight excluding hydrogens is 316 g/mol. The molecule has 126 valence electrons. The molecule has 1 aromatic rings. The highest BCUT2D eigenvalue weighted by Gasteiger charge is 2.42. The number of benzene rings is 1. The molecule has 0 aliphatic carbocycles. The lowest BCUT2D eigenvalue weighted by Crippen LogP contribution is -2.53. The minimum Gasteiger partial charge on any atom is -0.482 e. The van der Waals surface area contributed by atoms with Crippen LogP contribution in [0.15, 0.2) is 18.2 Å². The topological polar surface area (TPSA) is 104 Å². The summed E-state index contributed by atoms with van der Waals surface area (Å²) in [7, 11) is 1.41. The fourth-order valence-corrected chi connectivity index (χ4v) is 3.04. The van der Waals surface area contributed by atoms with Crippen LogP contribution in [0.1, 0.15) is 28.8 Å². The SMILES string of the molecule is CN1C(=O)CCC(N2Cc3c(OCC(=O)O)cccc3C2=O)C1=O. The minimum absolute atomic E-state index is 0.155. The van der Waals surface area contributed by atoms with Crippen molar-refractivity contribution in [3.05, 3.63) is 29.3 Å². The third-order valence-electron chi connectivity index (χ3n) is 4.30. The number of imide groups is 1. The standard InChI is InChI=1S/C16H16N2O6/c1-17-13(19)6-5-11(16(17)23)18-7-10-9(15(18)22)3-2-4-12(10)24-8-14(20)21/h2-4,11H,5-8H2,1H3,(H,20,21). The largest absolute Gasteiger partial charge is 0.482 e. The molecule has 2 aliphatic heterocycles. The van der Waals surface area contributed by atoms with Crippen LogP contribution in [0.25, 0.3) is 0 Å². The molecule has 2 heterocycles. The number of likely N-dealkylation sites (N-methyl/N-ethyl adjacent to an activating group) is 1. The van der Waals surface area contributed by atoms with Crippen LogP contribution in [0.3, 0.4) is 0 Å². The Balaban J connectivity index is 1.85. The Morgan fingerprint density at radius 3 is 2.79 bits per heavy atom. The molecule has 0 saturated carbocycles. The number of nitrogens with zero attached hydrogens (tertiary/aromatic N) is 2. The maximum absolute atomic E-state index is 12.6. The lowest BCUT2D eigenvalue weighted by molar-refractivity contribution is -0.150. The van der Waals surface area contributed by atoms with E-state index in [9.17, 15) is 19.2 Å². The number of carboxylic acid groups (broad SMARTS) is 1. The van der Waals surface area contributed by atoms with Gasteiger partial charge in [0, 0.05) is 24.6 Å². The van der Waals surface area contributed by atoms with Gasteiger partial charge < -0.3 is 14.7 Å². The molecule has 0 radical (unpaired) electrons. The van der Waals surface area contributed by atoms with Crippen molar-refractivity contribution >= 4 is 23.7 Å². The molecule has 8 nitrogen and oxygen atoms in total. The molecule has 0 spiro atoms. The van der Waals surface area contributed by atoms with Gasteiger partial charge in [0.05, 0.1) is 6.54 Å². The summed E-state index contributed by atoms with van der Waals surface area (Å²) in [5.41, 5.74) is 0.960. The van der Waals surface area contributed by atoms with Gasteiger partial charge in [0.25, 0.3) is 11.8 Å². The van der Waals surface area contributed by atoms with Crippen molar-refractivity contribution in [2.75, 3.05) is 13.7 Å². The third kappa shape index (κ3) is 2.60. The van der Waals surface area contributed by atoms with E-state index in [4.69, 9.17) is 9.84 Å². The van der Waals surface area contributed by atoms with Crippen molar-refractivity contribution in [1.29, 1.82) is 0 Å². The zero-order valence-corrected chi connectivity index (χ0v) is 13.0. The molecule has 1 aromatic carbocycles. The number of likely N-dealkylation sites (tertiary alicyclic amines) is 1. The van der Waals surface area contributed by atoms with Crippen molar-refractivity contribution in [1.82, 2.24) is 9.80 Å². The van der Waals surface area contributed by atoms with Gasteiger partial charge in [0.15, 0.2) is 6.61 Å². The fraction of sp³-hybridized carbons (Fsp3) is 0.375. The fourth-order valence-electron chi connectivity index (χ4n) is 3.04. The van der Waals surface area contributed by atoms with Gasteiger partial charge in [-0.05, 0) is 18.6 Å². The Labute approximate surface area is 137 Å². The van der Waals surface area contributed by atoms with Gasteiger partial charge in [-0.1, -0.05) is 6.07 Å². The summed E-state index contributed by atoms with van der Waals surface area (Å²) < 4.78 is 5.23. The quantitative estimate of drug-likeness (QED) is 0.793. The maximum Gasteiger partial charge on any atom is 0.341 e. The summed E-state index contributed by atoms with van der Waals surface area (Å²) in [5.74, 6) is -1.77. The van der Waals surface area contributed by atoms with Crippen LogP contribution in [0, 0.1) is 0 Å². The van der Waals surface area contributed by atoms with Crippen LogP contribution >= 0.6 is 0 Å². The van der Waals surface area contributed by atoms with Crippen LogP contribution in [-0.4, -0.2) is 58.3 Å². The molecule has 1 N–H and O–H groups in total. The Morgan fingerprint density at radius 1 is 1.33 bits per heavy atom. The normalized spacial score (nSPS) is 20.4. The second-order valence-corrected chi connectivity index (χ2v) is 5.74. The van der Waals surface area contributed by atoms with Gasteiger partial charge in [0.2, 0.25) is 5.91 Å². The van der Waals surface area contributed by atoms with Crippen LogP contribution in [0.5, 0.6) is 5.75 Å². The van der Waals surface area contributed by atoms with Crippen molar-refractivity contribution in [2.24, 2.45) is 0 Å².